The SMILES string of the molecule is CCCSP(=S)(CC)SCC(C)C. The summed E-state index contributed by atoms with van der Waals surface area (Å²) < 4.78 is -1.10. The van der Waals surface area contributed by atoms with Crippen molar-refractivity contribution in [1.29, 1.82) is 0 Å². The van der Waals surface area contributed by atoms with E-state index in [0.29, 0.717) is 0 Å². The van der Waals surface area contributed by atoms with E-state index in [4.69, 9.17) is 11.8 Å². The molecule has 0 radical (unpaired) electrons. The average molecular weight is 256 g/mol. The Kier molecular flexibility index (Phi) is 8.41. The van der Waals surface area contributed by atoms with E-state index < -0.39 is 4.44 Å². The summed E-state index contributed by atoms with van der Waals surface area (Å²) in [5.74, 6) is 3.26. The first kappa shape index (κ1) is 14.3. The average Bonchev–Trinajstić information content (AvgIpc) is 2.11. The van der Waals surface area contributed by atoms with E-state index in [1.54, 1.807) is 0 Å². The van der Waals surface area contributed by atoms with Gasteiger partial charge in [0, 0.05) is 5.75 Å². The van der Waals surface area contributed by atoms with E-state index in [2.05, 4.69) is 50.5 Å². The van der Waals surface area contributed by atoms with E-state index in [1.807, 2.05) is 0 Å². The molecule has 13 heavy (non-hydrogen) atoms. The largest absolute Gasteiger partial charge is 0.114 e. The van der Waals surface area contributed by atoms with Crippen LogP contribution in [0.15, 0.2) is 0 Å². The van der Waals surface area contributed by atoms with E-state index in [1.165, 1.54) is 24.1 Å². The predicted molar refractivity (Wildman–Crippen MR) is 74.9 cm³/mol. The fourth-order valence-corrected chi connectivity index (χ4v) is 9.52. The van der Waals surface area contributed by atoms with Crippen LogP contribution in [0.5, 0.6) is 0 Å². The van der Waals surface area contributed by atoms with Crippen molar-refractivity contribution in [2.75, 3.05) is 17.7 Å². The molecule has 0 aliphatic heterocycles. The third-order valence-electron chi connectivity index (χ3n) is 1.48. The Bertz CT molecular complexity index is 168. The lowest BCUT2D eigenvalue weighted by Crippen LogP contribution is -1.90. The molecule has 0 aromatic heterocycles. The summed E-state index contributed by atoms with van der Waals surface area (Å²) in [7, 11) is 0. The Balaban J connectivity index is 3.89. The highest BCUT2D eigenvalue weighted by atomic mass is 33.2. The first-order valence-corrected chi connectivity index (χ1v) is 11.1. The van der Waals surface area contributed by atoms with Gasteiger partial charge in [-0.2, -0.15) is 0 Å². The van der Waals surface area contributed by atoms with Gasteiger partial charge in [0.05, 0.1) is 4.44 Å². The Morgan fingerprint density at radius 3 is 2.23 bits per heavy atom. The molecule has 0 fully saturated rings. The highest BCUT2D eigenvalue weighted by molar-refractivity contribution is 9.00. The maximum absolute atomic E-state index is 5.72. The van der Waals surface area contributed by atoms with Gasteiger partial charge in [-0.1, -0.05) is 39.5 Å². The molecule has 0 rings (SSSR count). The zero-order valence-corrected chi connectivity index (χ0v) is 12.4. The van der Waals surface area contributed by atoms with E-state index in [0.717, 1.165) is 5.92 Å². The standard InChI is InChI=1S/C9H21PS3/c1-5-7-12-10(11,6-2)13-8-9(3)4/h9H,5-8H2,1-4H3. The lowest BCUT2D eigenvalue weighted by molar-refractivity contribution is 0.752. The van der Waals surface area contributed by atoms with Crippen molar-refractivity contribution in [3.63, 3.8) is 0 Å². The summed E-state index contributed by atoms with van der Waals surface area (Å²) in [6, 6.07) is 0. The third kappa shape index (κ3) is 7.30. The Morgan fingerprint density at radius 2 is 1.85 bits per heavy atom. The van der Waals surface area contributed by atoms with Crippen LogP contribution in [0.4, 0.5) is 0 Å². The first-order chi connectivity index (χ1) is 6.04. The lowest BCUT2D eigenvalue weighted by Gasteiger charge is -2.19. The Labute approximate surface area is 96.5 Å². The molecule has 0 spiro atoms. The molecule has 0 saturated carbocycles. The smallest absolute Gasteiger partial charge is 0.0569 e. The summed E-state index contributed by atoms with van der Waals surface area (Å²) in [5, 5.41) is 0. The van der Waals surface area contributed by atoms with Crippen molar-refractivity contribution in [3.8, 4) is 0 Å². The van der Waals surface area contributed by atoms with Crippen LogP contribution in [-0.2, 0) is 11.8 Å². The zero-order chi connectivity index (χ0) is 10.3. The molecule has 0 aliphatic carbocycles. The maximum atomic E-state index is 5.72. The molecule has 1 unspecified atom stereocenters. The second-order valence-corrected chi connectivity index (χ2v) is 15.8. The Morgan fingerprint density at radius 1 is 1.23 bits per heavy atom. The van der Waals surface area contributed by atoms with Gasteiger partial charge in [0.25, 0.3) is 0 Å². The molecule has 0 aromatic rings. The quantitative estimate of drug-likeness (QED) is 0.598. The van der Waals surface area contributed by atoms with Crippen molar-refractivity contribution >= 4 is 39.0 Å². The summed E-state index contributed by atoms with van der Waals surface area (Å²) in [5.41, 5.74) is 0. The molecule has 0 nitrogen and oxygen atoms in total. The monoisotopic (exact) mass is 256 g/mol. The van der Waals surface area contributed by atoms with Crippen molar-refractivity contribution in [1.82, 2.24) is 0 Å². The molecule has 0 aliphatic rings. The fraction of sp³-hybridized carbons (Fsp3) is 1.00. The number of hydrogen-bond donors (Lipinski definition) is 0. The zero-order valence-electron chi connectivity index (χ0n) is 9.08. The van der Waals surface area contributed by atoms with Crippen LogP contribution in [0.3, 0.4) is 0 Å². The van der Waals surface area contributed by atoms with Crippen molar-refractivity contribution in [2.45, 2.75) is 34.1 Å². The summed E-state index contributed by atoms with van der Waals surface area (Å²) in [6.45, 7) is 9.02. The topological polar surface area (TPSA) is 0 Å². The third-order valence-corrected chi connectivity index (χ3v) is 13.9. The summed E-state index contributed by atoms with van der Waals surface area (Å²) in [4.78, 5) is 0. The maximum Gasteiger partial charge on any atom is 0.0569 e. The number of rotatable bonds is 7. The van der Waals surface area contributed by atoms with Crippen LogP contribution in [0.25, 0.3) is 0 Å². The molecule has 80 valence electrons. The van der Waals surface area contributed by atoms with Crippen LogP contribution >= 0.6 is 27.2 Å². The molecule has 0 amide bonds. The molecule has 0 aromatic carbocycles. The van der Waals surface area contributed by atoms with Crippen molar-refractivity contribution in [3.05, 3.63) is 0 Å². The fourth-order valence-electron chi connectivity index (χ4n) is 0.713. The van der Waals surface area contributed by atoms with Crippen LogP contribution < -0.4 is 0 Å². The highest BCUT2D eigenvalue weighted by Gasteiger charge is 2.15. The van der Waals surface area contributed by atoms with E-state index in [9.17, 15) is 0 Å². The van der Waals surface area contributed by atoms with Gasteiger partial charge < -0.3 is 0 Å². The summed E-state index contributed by atoms with van der Waals surface area (Å²) >= 11 is 9.84. The second kappa shape index (κ2) is 7.62. The predicted octanol–water partition coefficient (Wildman–Crippen LogP) is 4.85. The van der Waals surface area contributed by atoms with Crippen LogP contribution in [-0.4, -0.2) is 17.7 Å². The van der Waals surface area contributed by atoms with E-state index in [-0.39, 0.29) is 0 Å². The molecular formula is C9H21PS3. The molecular weight excluding hydrogens is 235 g/mol. The van der Waals surface area contributed by atoms with Gasteiger partial charge in [0.15, 0.2) is 0 Å². The molecule has 0 heterocycles. The van der Waals surface area contributed by atoms with E-state index >= 15 is 0 Å². The van der Waals surface area contributed by atoms with Gasteiger partial charge in [0.1, 0.15) is 0 Å². The molecule has 0 N–H and O–H groups in total. The van der Waals surface area contributed by atoms with Gasteiger partial charge in [-0.25, -0.2) is 0 Å². The first-order valence-electron chi connectivity index (χ1n) is 4.92. The molecule has 0 saturated heterocycles. The number of hydrogen-bond acceptors (Lipinski definition) is 3. The van der Waals surface area contributed by atoms with Crippen molar-refractivity contribution in [2.24, 2.45) is 5.92 Å². The minimum absolute atomic E-state index is 0.779. The second-order valence-electron chi connectivity index (χ2n) is 3.45. The van der Waals surface area contributed by atoms with Crippen molar-refractivity contribution < 1.29 is 0 Å². The Hall–Kier alpha value is 1.35. The molecule has 1 atom stereocenters. The van der Waals surface area contributed by atoms with Crippen LogP contribution in [0.1, 0.15) is 34.1 Å². The summed E-state index contributed by atoms with van der Waals surface area (Å²) in [6.07, 6.45) is 2.45. The van der Waals surface area contributed by atoms with Gasteiger partial charge >= 0.3 is 0 Å². The van der Waals surface area contributed by atoms with Gasteiger partial charge in [-0.15, -0.1) is 22.8 Å². The highest BCUT2D eigenvalue weighted by Crippen LogP contribution is 2.69. The molecule has 0 bridgehead atoms. The van der Waals surface area contributed by atoms with Gasteiger partial charge in [-0.05, 0) is 24.3 Å². The minimum atomic E-state index is -1.10. The molecule has 4 heteroatoms. The lowest BCUT2D eigenvalue weighted by atomic mass is 10.3. The van der Waals surface area contributed by atoms with Gasteiger partial charge in [-0.3, -0.25) is 0 Å². The van der Waals surface area contributed by atoms with Crippen LogP contribution in [0.2, 0.25) is 0 Å². The minimum Gasteiger partial charge on any atom is -0.114 e. The van der Waals surface area contributed by atoms with Crippen LogP contribution in [0, 0.1) is 5.92 Å². The van der Waals surface area contributed by atoms with Gasteiger partial charge in [0.2, 0.25) is 0 Å². The normalized spacial score (nSPS) is 16.1.